The molecule has 2 N–H and O–H groups in total. The van der Waals surface area contributed by atoms with Gasteiger partial charge in [-0.2, -0.15) is 5.10 Å². The molecular formula is C29H28N6O2. The molecule has 0 aliphatic heterocycles. The second-order valence-electron chi connectivity index (χ2n) is 9.55. The number of aliphatic hydroxyl groups excluding tert-OH is 1. The van der Waals surface area contributed by atoms with E-state index < -0.39 is 6.10 Å². The van der Waals surface area contributed by atoms with Gasteiger partial charge in [-0.15, -0.1) is 0 Å². The molecule has 1 fully saturated rings. The maximum atomic E-state index is 13.2. The Morgan fingerprint density at radius 2 is 1.78 bits per heavy atom. The number of aromatic nitrogens is 5. The Morgan fingerprint density at radius 1 is 0.973 bits per heavy atom. The lowest BCUT2D eigenvalue weighted by Crippen LogP contribution is -2.45. The first-order chi connectivity index (χ1) is 18.2. The topological polar surface area (TPSA) is 97.9 Å². The zero-order valence-corrected chi connectivity index (χ0v) is 20.4. The van der Waals surface area contributed by atoms with Gasteiger partial charge in [0.1, 0.15) is 5.52 Å². The van der Waals surface area contributed by atoms with E-state index in [0.29, 0.717) is 17.6 Å². The number of carbonyl (C=O) groups excluding carboxylic acids is 1. The van der Waals surface area contributed by atoms with Gasteiger partial charge >= 0.3 is 0 Å². The molecule has 2 atom stereocenters. The molecule has 1 saturated carbocycles. The SMILES string of the molecule is O=C(N[C@H]1CCCC[C@@H]1O)c1cn(Cc2ccc(-n3cc(-c4ccncc4)cn3)cc2)c2cccnc12. The Labute approximate surface area is 214 Å². The summed E-state index contributed by atoms with van der Waals surface area (Å²) >= 11 is 0. The zero-order chi connectivity index (χ0) is 25.2. The average molecular weight is 493 g/mol. The van der Waals surface area contributed by atoms with Gasteiger partial charge in [0.2, 0.25) is 0 Å². The molecule has 0 bridgehead atoms. The monoisotopic (exact) mass is 492 g/mol. The van der Waals surface area contributed by atoms with Crippen LogP contribution in [0.2, 0.25) is 0 Å². The van der Waals surface area contributed by atoms with E-state index in [1.165, 1.54) is 0 Å². The van der Waals surface area contributed by atoms with E-state index in [1.54, 1.807) is 18.6 Å². The van der Waals surface area contributed by atoms with Crippen LogP contribution in [0.3, 0.4) is 0 Å². The fourth-order valence-electron chi connectivity index (χ4n) is 5.05. The second-order valence-corrected chi connectivity index (χ2v) is 9.55. The normalized spacial score (nSPS) is 17.6. The lowest BCUT2D eigenvalue weighted by atomic mass is 9.92. The molecule has 5 aromatic rings. The fraction of sp³-hybridized carbons (Fsp3) is 0.241. The summed E-state index contributed by atoms with van der Waals surface area (Å²) in [5, 5.41) is 17.8. The highest BCUT2D eigenvalue weighted by atomic mass is 16.3. The van der Waals surface area contributed by atoms with Gasteiger partial charge in [-0.1, -0.05) is 25.0 Å². The van der Waals surface area contributed by atoms with Crippen LogP contribution in [0.15, 0.2) is 85.7 Å². The van der Waals surface area contributed by atoms with Gasteiger partial charge in [-0.05, 0) is 60.4 Å². The molecule has 1 aliphatic carbocycles. The molecule has 0 unspecified atom stereocenters. The van der Waals surface area contributed by atoms with Crippen molar-refractivity contribution in [1.29, 1.82) is 0 Å². The predicted octanol–water partition coefficient (Wildman–Crippen LogP) is 4.37. The summed E-state index contributed by atoms with van der Waals surface area (Å²) in [7, 11) is 0. The van der Waals surface area contributed by atoms with Crippen LogP contribution in [0, 0.1) is 0 Å². The highest BCUT2D eigenvalue weighted by Crippen LogP contribution is 2.24. The Morgan fingerprint density at radius 3 is 2.59 bits per heavy atom. The van der Waals surface area contributed by atoms with Crippen molar-refractivity contribution in [2.75, 3.05) is 0 Å². The molecule has 6 rings (SSSR count). The number of hydrogen-bond acceptors (Lipinski definition) is 5. The third-order valence-corrected chi connectivity index (χ3v) is 7.08. The number of hydrogen-bond donors (Lipinski definition) is 2. The van der Waals surface area contributed by atoms with Gasteiger partial charge < -0.3 is 15.0 Å². The van der Waals surface area contributed by atoms with Crippen molar-refractivity contribution in [3.05, 3.63) is 96.8 Å². The van der Waals surface area contributed by atoms with Crippen LogP contribution < -0.4 is 5.32 Å². The fourth-order valence-corrected chi connectivity index (χ4v) is 5.05. The molecule has 0 spiro atoms. The van der Waals surface area contributed by atoms with E-state index in [0.717, 1.165) is 53.6 Å². The molecule has 8 nitrogen and oxygen atoms in total. The summed E-state index contributed by atoms with van der Waals surface area (Å²) < 4.78 is 3.91. The number of aliphatic hydroxyl groups is 1. The van der Waals surface area contributed by atoms with Crippen molar-refractivity contribution in [3.63, 3.8) is 0 Å². The molecule has 4 aromatic heterocycles. The molecule has 0 saturated heterocycles. The predicted molar refractivity (Wildman–Crippen MR) is 141 cm³/mol. The third-order valence-electron chi connectivity index (χ3n) is 7.08. The van der Waals surface area contributed by atoms with Gasteiger partial charge in [0.15, 0.2) is 0 Å². The first kappa shape index (κ1) is 23.1. The first-order valence-electron chi connectivity index (χ1n) is 12.6. The summed E-state index contributed by atoms with van der Waals surface area (Å²) in [5.74, 6) is -0.188. The van der Waals surface area contributed by atoms with Crippen LogP contribution in [0.4, 0.5) is 0 Å². The number of rotatable bonds is 6. The molecule has 1 aromatic carbocycles. The number of amides is 1. The second kappa shape index (κ2) is 9.99. The Balaban J connectivity index is 1.22. The maximum Gasteiger partial charge on any atom is 0.255 e. The van der Waals surface area contributed by atoms with Crippen molar-refractivity contribution in [3.8, 4) is 16.8 Å². The smallest absolute Gasteiger partial charge is 0.255 e. The van der Waals surface area contributed by atoms with Crippen LogP contribution in [0.5, 0.6) is 0 Å². The van der Waals surface area contributed by atoms with E-state index in [2.05, 4.69) is 37.1 Å². The lowest BCUT2D eigenvalue weighted by Gasteiger charge is -2.28. The van der Waals surface area contributed by atoms with Crippen LogP contribution in [-0.2, 0) is 6.54 Å². The van der Waals surface area contributed by atoms with E-state index in [4.69, 9.17) is 0 Å². The van der Waals surface area contributed by atoms with Crippen molar-refractivity contribution in [1.82, 2.24) is 29.6 Å². The van der Waals surface area contributed by atoms with Crippen LogP contribution in [-0.4, -0.2) is 47.5 Å². The molecule has 4 heterocycles. The number of nitrogens with zero attached hydrogens (tertiary/aromatic N) is 5. The van der Waals surface area contributed by atoms with Gasteiger partial charge in [0.05, 0.1) is 35.1 Å². The first-order valence-corrected chi connectivity index (χ1v) is 12.6. The molecule has 0 radical (unpaired) electrons. The molecular weight excluding hydrogens is 464 g/mol. The standard InChI is InChI=1S/C29H28N6O2/c36-27-6-2-1-4-25(27)33-29(37)24-19-34(26-5-3-13-31-28(24)26)17-20-7-9-23(10-8-20)35-18-22(16-32-35)21-11-14-30-15-12-21/h3,5,7-16,18-19,25,27,36H,1-2,4,6,17H2,(H,33,37)/t25-,27-/m0/s1. The van der Waals surface area contributed by atoms with E-state index in [1.807, 2.05) is 59.7 Å². The third kappa shape index (κ3) is 4.75. The number of carbonyl (C=O) groups is 1. The van der Waals surface area contributed by atoms with Gasteiger partial charge in [-0.25, -0.2) is 4.68 Å². The van der Waals surface area contributed by atoms with Gasteiger partial charge in [0, 0.05) is 43.1 Å². The van der Waals surface area contributed by atoms with Crippen molar-refractivity contribution in [2.45, 2.75) is 44.4 Å². The summed E-state index contributed by atoms with van der Waals surface area (Å²) in [6, 6.07) is 15.8. The van der Waals surface area contributed by atoms with Crippen molar-refractivity contribution >= 4 is 16.9 Å². The molecule has 37 heavy (non-hydrogen) atoms. The number of fused-ring (bicyclic) bond motifs is 1. The van der Waals surface area contributed by atoms with Crippen LogP contribution in [0.25, 0.3) is 27.8 Å². The lowest BCUT2D eigenvalue weighted by molar-refractivity contribution is 0.0718. The summed E-state index contributed by atoms with van der Waals surface area (Å²) in [6.45, 7) is 0.600. The quantitative estimate of drug-likeness (QED) is 0.367. The Bertz CT molecular complexity index is 1520. The summed E-state index contributed by atoms with van der Waals surface area (Å²) in [5.41, 5.74) is 6.27. The number of nitrogens with one attached hydrogen (secondary N) is 1. The molecule has 186 valence electrons. The summed E-state index contributed by atoms with van der Waals surface area (Å²) in [4.78, 5) is 21.7. The minimum Gasteiger partial charge on any atom is -0.391 e. The Kier molecular flexibility index (Phi) is 6.24. The van der Waals surface area contributed by atoms with Crippen LogP contribution >= 0.6 is 0 Å². The highest BCUT2D eigenvalue weighted by Gasteiger charge is 2.26. The largest absolute Gasteiger partial charge is 0.391 e. The number of benzene rings is 1. The molecule has 8 heteroatoms. The van der Waals surface area contributed by atoms with Crippen LogP contribution in [0.1, 0.15) is 41.6 Å². The van der Waals surface area contributed by atoms with E-state index in [-0.39, 0.29) is 11.9 Å². The van der Waals surface area contributed by atoms with Gasteiger partial charge in [0.25, 0.3) is 5.91 Å². The van der Waals surface area contributed by atoms with E-state index >= 15 is 0 Å². The minimum absolute atomic E-state index is 0.188. The molecule has 1 amide bonds. The molecule has 1 aliphatic rings. The Hall–Kier alpha value is -4.30. The van der Waals surface area contributed by atoms with E-state index in [9.17, 15) is 9.90 Å². The van der Waals surface area contributed by atoms with Crippen molar-refractivity contribution in [2.24, 2.45) is 0 Å². The summed E-state index contributed by atoms with van der Waals surface area (Å²) in [6.07, 6.45) is 14.0. The zero-order valence-electron chi connectivity index (χ0n) is 20.4. The van der Waals surface area contributed by atoms with Crippen molar-refractivity contribution < 1.29 is 9.90 Å². The average Bonchev–Trinajstić information content (AvgIpc) is 3.57. The highest BCUT2D eigenvalue weighted by molar-refractivity contribution is 6.05. The minimum atomic E-state index is -0.493. The maximum absolute atomic E-state index is 13.2. The number of pyridine rings is 2. The van der Waals surface area contributed by atoms with Gasteiger partial charge in [-0.3, -0.25) is 14.8 Å².